The van der Waals surface area contributed by atoms with Gasteiger partial charge in [0.25, 0.3) is 0 Å². The van der Waals surface area contributed by atoms with Gasteiger partial charge in [-0.3, -0.25) is 9.59 Å². The molecular weight excluding hydrogens is 352 g/mol. The van der Waals surface area contributed by atoms with Gasteiger partial charge in [-0.05, 0) is 43.5 Å². The summed E-state index contributed by atoms with van der Waals surface area (Å²) in [7, 11) is 0. The lowest BCUT2D eigenvalue weighted by atomic mass is 9.99. The number of nitrogens with one attached hydrogen (secondary N) is 2. The number of carbonyl (C=O) groups is 2. The number of carbonyl (C=O) groups excluding carboxylic acids is 2. The van der Waals surface area contributed by atoms with Crippen LogP contribution in [0.1, 0.15) is 17.5 Å². The van der Waals surface area contributed by atoms with Crippen LogP contribution in [0.3, 0.4) is 0 Å². The first-order valence-corrected chi connectivity index (χ1v) is 8.78. The minimum atomic E-state index is -1.05. The molecule has 7 heteroatoms. The zero-order valence-corrected chi connectivity index (χ0v) is 15.0. The van der Waals surface area contributed by atoms with Gasteiger partial charge < -0.3 is 15.5 Å². The van der Waals surface area contributed by atoms with Crippen LogP contribution in [-0.2, 0) is 16.0 Å². The fourth-order valence-corrected chi connectivity index (χ4v) is 3.16. The van der Waals surface area contributed by atoms with Crippen LogP contribution >= 0.6 is 0 Å². The summed E-state index contributed by atoms with van der Waals surface area (Å²) < 4.78 is 26.0. The standard InChI is InChI=1S/C20H21F2N3O2/c1-13-4-7-18-14(9-13)3-2-8-25(18)12-20(27)23-11-19(26)24-15-5-6-16(21)17(22)10-15/h4-7,9-10H,2-3,8,11-12H2,1H3,(H,23,27)(H,24,26). The maximum atomic E-state index is 13.1. The molecule has 1 aliphatic rings. The number of halogens is 2. The molecule has 142 valence electrons. The molecule has 0 saturated carbocycles. The topological polar surface area (TPSA) is 61.4 Å². The van der Waals surface area contributed by atoms with Gasteiger partial charge in [0.05, 0.1) is 13.1 Å². The summed E-state index contributed by atoms with van der Waals surface area (Å²) in [5.74, 6) is -2.82. The molecule has 0 fully saturated rings. The Balaban J connectivity index is 1.51. The summed E-state index contributed by atoms with van der Waals surface area (Å²) in [5.41, 5.74) is 3.60. The van der Waals surface area contributed by atoms with E-state index < -0.39 is 17.5 Å². The highest BCUT2D eigenvalue weighted by Gasteiger charge is 2.19. The van der Waals surface area contributed by atoms with Crippen molar-refractivity contribution in [1.82, 2.24) is 5.32 Å². The van der Waals surface area contributed by atoms with Gasteiger partial charge in [0.1, 0.15) is 0 Å². The third-order valence-electron chi connectivity index (χ3n) is 4.43. The van der Waals surface area contributed by atoms with E-state index in [1.54, 1.807) is 0 Å². The fourth-order valence-electron chi connectivity index (χ4n) is 3.16. The van der Waals surface area contributed by atoms with Gasteiger partial charge >= 0.3 is 0 Å². The van der Waals surface area contributed by atoms with Gasteiger partial charge in [0.2, 0.25) is 11.8 Å². The molecule has 0 bridgehead atoms. The first kappa shape index (κ1) is 18.8. The normalized spacial score (nSPS) is 13.1. The Labute approximate surface area is 156 Å². The van der Waals surface area contributed by atoms with Crippen LogP contribution < -0.4 is 15.5 Å². The van der Waals surface area contributed by atoms with Crippen LogP contribution in [0.4, 0.5) is 20.2 Å². The molecule has 0 unspecified atom stereocenters. The maximum absolute atomic E-state index is 13.1. The number of hydrogen-bond acceptors (Lipinski definition) is 3. The van der Waals surface area contributed by atoms with Gasteiger partial charge in [-0.1, -0.05) is 17.7 Å². The monoisotopic (exact) mass is 373 g/mol. The number of benzene rings is 2. The molecule has 2 aromatic carbocycles. The van der Waals surface area contributed by atoms with Crippen molar-refractivity contribution in [2.24, 2.45) is 0 Å². The van der Waals surface area contributed by atoms with Crippen molar-refractivity contribution in [2.75, 3.05) is 29.9 Å². The molecule has 27 heavy (non-hydrogen) atoms. The van der Waals surface area contributed by atoms with Crippen molar-refractivity contribution in [3.05, 3.63) is 59.2 Å². The molecule has 1 heterocycles. The largest absolute Gasteiger partial charge is 0.362 e. The summed E-state index contributed by atoms with van der Waals surface area (Å²) in [4.78, 5) is 26.1. The second-order valence-electron chi connectivity index (χ2n) is 6.61. The lowest BCUT2D eigenvalue weighted by Crippen LogP contribution is -2.42. The molecule has 2 aromatic rings. The van der Waals surface area contributed by atoms with Crippen molar-refractivity contribution in [3.8, 4) is 0 Å². The van der Waals surface area contributed by atoms with E-state index in [2.05, 4.69) is 16.7 Å². The summed E-state index contributed by atoms with van der Waals surface area (Å²) in [6.07, 6.45) is 1.96. The second-order valence-corrected chi connectivity index (χ2v) is 6.61. The molecule has 0 atom stereocenters. The highest BCUT2D eigenvalue weighted by atomic mass is 19.2. The number of hydrogen-bond donors (Lipinski definition) is 2. The molecule has 0 spiro atoms. The predicted octanol–water partition coefficient (Wildman–Crippen LogP) is 2.78. The Morgan fingerprint density at radius 3 is 2.67 bits per heavy atom. The number of aryl methyl sites for hydroxylation is 2. The van der Waals surface area contributed by atoms with Crippen LogP contribution in [0.25, 0.3) is 0 Å². The van der Waals surface area contributed by atoms with Crippen molar-refractivity contribution < 1.29 is 18.4 Å². The Morgan fingerprint density at radius 1 is 1.07 bits per heavy atom. The quantitative estimate of drug-likeness (QED) is 0.847. The van der Waals surface area contributed by atoms with E-state index in [-0.39, 0.29) is 24.7 Å². The molecule has 2 N–H and O–H groups in total. The fraction of sp³-hybridized carbons (Fsp3) is 0.300. The van der Waals surface area contributed by atoms with Gasteiger partial charge in [0, 0.05) is 24.0 Å². The highest BCUT2D eigenvalue weighted by Crippen LogP contribution is 2.27. The molecule has 5 nitrogen and oxygen atoms in total. The maximum Gasteiger partial charge on any atom is 0.243 e. The van der Waals surface area contributed by atoms with Gasteiger partial charge in [-0.15, -0.1) is 0 Å². The van der Waals surface area contributed by atoms with Crippen molar-refractivity contribution in [3.63, 3.8) is 0 Å². The third kappa shape index (κ3) is 4.81. The van der Waals surface area contributed by atoms with Gasteiger partial charge in [-0.2, -0.15) is 0 Å². The second kappa shape index (κ2) is 8.16. The van der Waals surface area contributed by atoms with Crippen LogP contribution in [0, 0.1) is 18.6 Å². The Kier molecular flexibility index (Phi) is 5.69. The summed E-state index contributed by atoms with van der Waals surface area (Å²) in [5, 5.41) is 4.97. The summed E-state index contributed by atoms with van der Waals surface area (Å²) in [6, 6.07) is 9.25. The minimum absolute atomic E-state index is 0.133. The van der Waals surface area contributed by atoms with E-state index in [0.717, 1.165) is 37.2 Å². The van der Waals surface area contributed by atoms with Crippen molar-refractivity contribution >= 4 is 23.2 Å². The van der Waals surface area contributed by atoms with Crippen LogP contribution in [-0.4, -0.2) is 31.4 Å². The molecule has 2 amide bonds. The Bertz CT molecular complexity index is 870. The Morgan fingerprint density at radius 2 is 1.89 bits per heavy atom. The minimum Gasteiger partial charge on any atom is -0.362 e. The average molecular weight is 373 g/mol. The van der Waals surface area contributed by atoms with Gasteiger partial charge in [-0.25, -0.2) is 8.78 Å². The summed E-state index contributed by atoms with van der Waals surface area (Å²) >= 11 is 0. The zero-order chi connectivity index (χ0) is 19.4. The number of anilines is 2. The van der Waals surface area contributed by atoms with Crippen LogP contribution in [0.15, 0.2) is 36.4 Å². The molecule has 0 aromatic heterocycles. The zero-order valence-electron chi connectivity index (χ0n) is 15.0. The van der Waals surface area contributed by atoms with Crippen molar-refractivity contribution in [2.45, 2.75) is 19.8 Å². The first-order valence-electron chi connectivity index (χ1n) is 8.78. The van der Waals surface area contributed by atoms with E-state index in [9.17, 15) is 18.4 Å². The first-order chi connectivity index (χ1) is 12.9. The Hall–Kier alpha value is -2.96. The lowest BCUT2D eigenvalue weighted by Gasteiger charge is -2.31. The predicted molar refractivity (Wildman–Crippen MR) is 99.7 cm³/mol. The number of nitrogens with zero attached hydrogens (tertiary/aromatic N) is 1. The van der Waals surface area contributed by atoms with Gasteiger partial charge in [0.15, 0.2) is 11.6 Å². The van der Waals surface area contributed by atoms with Crippen molar-refractivity contribution in [1.29, 1.82) is 0 Å². The van der Waals surface area contributed by atoms with E-state index in [4.69, 9.17) is 0 Å². The number of fused-ring (bicyclic) bond motifs is 1. The number of rotatable bonds is 5. The van der Waals surface area contributed by atoms with E-state index in [1.807, 2.05) is 24.0 Å². The van der Waals surface area contributed by atoms with Crippen LogP contribution in [0.2, 0.25) is 0 Å². The average Bonchev–Trinajstić information content (AvgIpc) is 2.63. The summed E-state index contributed by atoms with van der Waals surface area (Å²) in [6.45, 7) is 2.74. The molecule has 0 aliphatic carbocycles. The molecule has 0 saturated heterocycles. The molecular formula is C20H21F2N3O2. The SMILES string of the molecule is Cc1ccc2c(c1)CCCN2CC(=O)NCC(=O)Nc1ccc(F)c(F)c1. The highest BCUT2D eigenvalue weighted by molar-refractivity contribution is 5.95. The van der Waals surface area contributed by atoms with E-state index in [0.29, 0.717) is 0 Å². The third-order valence-corrected chi connectivity index (χ3v) is 4.43. The molecule has 0 radical (unpaired) electrons. The van der Waals surface area contributed by atoms with E-state index >= 15 is 0 Å². The molecule has 1 aliphatic heterocycles. The number of amides is 2. The van der Waals surface area contributed by atoms with Crippen LogP contribution in [0.5, 0.6) is 0 Å². The smallest absolute Gasteiger partial charge is 0.243 e. The molecule has 3 rings (SSSR count). The van der Waals surface area contributed by atoms with E-state index in [1.165, 1.54) is 17.2 Å². The lowest BCUT2D eigenvalue weighted by molar-refractivity contribution is -0.123.